The Kier molecular flexibility index (Phi) is 4.37. The summed E-state index contributed by atoms with van der Waals surface area (Å²) in [5.74, 6) is 0.803. The number of rotatable bonds is 5. The van der Waals surface area contributed by atoms with Gasteiger partial charge in [-0.2, -0.15) is 0 Å². The summed E-state index contributed by atoms with van der Waals surface area (Å²) in [7, 11) is -1.68. The number of hydrogen-bond acceptors (Lipinski definition) is 5. The molecule has 0 amide bonds. The lowest BCUT2D eigenvalue weighted by Gasteiger charge is -2.10. The monoisotopic (exact) mass is 307 g/mol. The van der Waals surface area contributed by atoms with E-state index >= 15 is 0 Å². The third-order valence-corrected chi connectivity index (χ3v) is 4.14. The highest BCUT2D eigenvalue weighted by atomic mass is 32.2. The average molecular weight is 307 g/mol. The minimum Gasteiger partial charge on any atom is -0.508 e. The molecule has 2 aromatic carbocycles. The van der Waals surface area contributed by atoms with Crippen molar-refractivity contribution >= 4 is 15.5 Å². The van der Waals surface area contributed by atoms with Gasteiger partial charge in [-0.1, -0.05) is 6.07 Å². The van der Waals surface area contributed by atoms with Gasteiger partial charge >= 0.3 is 0 Å². The van der Waals surface area contributed by atoms with Gasteiger partial charge in [0, 0.05) is 24.1 Å². The van der Waals surface area contributed by atoms with E-state index in [1.807, 2.05) is 0 Å². The predicted octanol–water partition coefficient (Wildman–Crippen LogP) is 2.42. The van der Waals surface area contributed by atoms with Crippen molar-refractivity contribution in [3.63, 3.8) is 0 Å². The molecule has 2 rings (SSSR count). The summed E-state index contributed by atoms with van der Waals surface area (Å²) in [5, 5.41) is 12.9. The fourth-order valence-electron chi connectivity index (χ4n) is 1.86. The molecule has 112 valence electrons. The maximum Gasteiger partial charge on any atom is 0.175 e. The Morgan fingerprint density at radius 2 is 1.95 bits per heavy atom. The fourth-order valence-corrected chi connectivity index (χ4v) is 2.53. The van der Waals surface area contributed by atoms with Crippen molar-refractivity contribution in [2.24, 2.45) is 0 Å². The lowest BCUT2D eigenvalue weighted by molar-refractivity contribution is 0.411. The number of aromatic hydroxyl groups is 1. The third kappa shape index (κ3) is 3.88. The van der Waals surface area contributed by atoms with E-state index in [1.54, 1.807) is 49.6 Å². The maximum atomic E-state index is 11.5. The standard InChI is InChI=1S/C15H17NO4S/c1-20-13-6-7-15(17)11(8-13)10-16-12-4-3-5-14(9-12)21(2,18)19/h3-9,16-17H,10H2,1-2H3. The third-order valence-electron chi connectivity index (χ3n) is 3.03. The topological polar surface area (TPSA) is 75.6 Å². The predicted molar refractivity (Wildman–Crippen MR) is 81.5 cm³/mol. The van der Waals surface area contributed by atoms with Crippen molar-refractivity contribution < 1.29 is 18.3 Å². The van der Waals surface area contributed by atoms with Crippen LogP contribution in [0.15, 0.2) is 47.4 Å². The minimum absolute atomic E-state index is 0.155. The molecule has 0 aliphatic heterocycles. The van der Waals surface area contributed by atoms with Crippen molar-refractivity contribution in [2.45, 2.75) is 11.4 Å². The summed E-state index contributed by atoms with van der Waals surface area (Å²) in [6, 6.07) is 11.5. The van der Waals surface area contributed by atoms with Crippen LogP contribution in [0.4, 0.5) is 5.69 Å². The number of ether oxygens (including phenoxy) is 1. The van der Waals surface area contributed by atoms with Gasteiger partial charge in [0.1, 0.15) is 11.5 Å². The van der Waals surface area contributed by atoms with E-state index in [0.29, 0.717) is 23.5 Å². The molecule has 2 N–H and O–H groups in total. The van der Waals surface area contributed by atoms with E-state index in [-0.39, 0.29) is 10.6 Å². The van der Waals surface area contributed by atoms with Gasteiger partial charge in [0.15, 0.2) is 9.84 Å². The van der Waals surface area contributed by atoms with Crippen LogP contribution < -0.4 is 10.1 Å². The molecule has 0 atom stereocenters. The van der Waals surface area contributed by atoms with E-state index < -0.39 is 9.84 Å². The van der Waals surface area contributed by atoms with Gasteiger partial charge in [0.2, 0.25) is 0 Å². The van der Waals surface area contributed by atoms with Crippen molar-refractivity contribution in [2.75, 3.05) is 18.7 Å². The summed E-state index contributed by atoms with van der Waals surface area (Å²) >= 11 is 0. The molecule has 0 aromatic heterocycles. The van der Waals surface area contributed by atoms with Gasteiger partial charge in [0.05, 0.1) is 12.0 Å². The Bertz CT molecular complexity index is 741. The van der Waals surface area contributed by atoms with Crippen LogP contribution in [0, 0.1) is 0 Å². The SMILES string of the molecule is COc1ccc(O)c(CNc2cccc(S(C)(=O)=O)c2)c1. The highest BCUT2D eigenvalue weighted by Crippen LogP contribution is 2.24. The number of nitrogens with one attached hydrogen (secondary N) is 1. The first-order chi connectivity index (χ1) is 9.90. The molecule has 0 fully saturated rings. The van der Waals surface area contributed by atoms with Crippen LogP contribution in [0.1, 0.15) is 5.56 Å². The first-order valence-corrected chi connectivity index (χ1v) is 8.19. The zero-order chi connectivity index (χ0) is 15.5. The van der Waals surface area contributed by atoms with Crippen LogP contribution in [-0.2, 0) is 16.4 Å². The molecular formula is C15H17NO4S. The zero-order valence-corrected chi connectivity index (χ0v) is 12.6. The highest BCUT2D eigenvalue weighted by molar-refractivity contribution is 7.90. The van der Waals surface area contributed by atoms with Gasteiger partial charge < -0.3 is 15.2 Å². The Morgan fingerprint density at radius 1 is 1.19 bits per heavy atom. The first-order valence-electron chi connectivity index (χ1n) is 6.30. The van der Waals surface area contributed by atoms with Crippen molar-refractivity contribution in [3.05, 3.63) is 48.0 Å². The first kappa shape index (κ1) is 15.2. The molecule has 0 unspecified atom stereocenters. The van der Waals surface area contributed by atoms with Crippen LogP contribution in [0.2, 0.25) is 0 Å². The number of phenolic OH excluding ortho intramolecular Hbond substituents is 1. The van der Waals surface area contributed by atoms with Crippen molar-refractivity contribution in [3.8, 4) is 11.5 Å². The van der Waals surface area contributed by atoms with Crippen LogP contribution in [0.25, 0.3) is 0 Å². The number of anilines is 1. The highest BCUT2D eigenvalue weighted by Gasteiger charge is 2.08. The maximum absolute atomic E-state index is 11.5. The van der Waals surface area contributed by atoms with E-state index in [0.717, 1.165) is 0 Å². The number of benzene rings is 2. The van der Waals surface area contributed by atoms with Crippen LogP contribution in [0.5, 0.6) is 11.5 Å². The van der Waals surface area contributed by atoms with Gasteiger partial charge in [-0.15, -0.1) is 0 Å². The van der Waals surface area contributed by atoms with E-state index in [2.05, 4.69) is 5.32 Å². The summed E-state index contributed by atoms with van der Waals surface area (Å²) in [5.41, 5.74) is 1.33. The summed E-state index contributed by atoms with van der Waals surface area (Å²) < 4.78 is 28.1. The van der Waals surface area contributed by atoms with Crippen LogP contribution in [-0.4, -0.2) is 26.9 Å². The Morgan fingerprint density at radius 3 is 2.62 bits per heavy atom. The Balaban J connectivity index is 2.17. The molecule has 0 bridgehead atoms. The van der Waals surface area contributed by atoms with Gasteiger partial charge in [-0.05, 0) is 36.4 Å². The molecule has 0 heterocycles. The van der Waals surface area contributed by atoms with Gasteiger partial charge in [-0.25, -0.2) is 8.42 Å². The number of sulfone groups is 1. The summed E-state index contributed by atoms with van der Waals surface area (Å²) in [6.07, 6.45) is 1.17. The molecule has 5 nitrogen and oxygen atoms in total. The van der Waals surface area contributed by atoms with Crippen molar-refractivity contribution in [1.29, 1.82) is 0 Å². The van der Waals surface area contributed by atoms with Crippen LogP contribution in [0.3, 0.4) is 0 Å². The second-order valence-corrected chi connectivity index (χ2v) is 6.66. The number of methoxy groups -OCH3 is 1. The lowest BCUT2D eigenvalue weighted by Crippen LogP contribution is -2.02. The zero-order valence-electron chi connectivity index (χ0n) is 11.8. The summed E-state index contributed by atoms with van der Waals surface area (Å²) in [4.78, 5) is 0.252. The second kappa shape index (κ2) is 6.05. The van der Waals surface area contributed by atoms with E-state index in [9.17, 15) is 13.5 Å². The molecule has 0 aliphatic rings. The smallest absolute Gasteiger partial charge is 0.175 e. The second-order valence-electron chi connectivity index (χ2n) is 4.65. The van der Waals surface area contributed by atoms with Gasteiger partial charge in [-0.3, -0.25) is 0 Å². The molecule has 0 spiro atoms. The molecular weight excluding hydrogens is 290 g/mol. The number of hydrogen-bond donors (Lipinski definition) is 2. The molecule has 6 heteroatoms. The molecule has 0 radical (unpaired) electrons. The minimum atomic E-state index is -3.24. The fraction of sp³-hybridized carbons (Fsp3) is 0.200. The van der Waals surface area contributed by atoms with Crippen LogP contribution >= 0.6 is 0 Å². The largest absolute Gasteiger partial charge is 0.508 e. The molecule has 0 saturated heterocycles. The molecule has 21 heavy (non-hydrogen) atoms. The van der Waals surface area contributed by atoms with Gasteiger partial charge in [0.25, 0.3) is 0 Å². The molecule has 0 saturated carbocycles. The van der Waals surface area contributed by atoms with E-state index in [4.69, 9.17) is 4.74 Å². The number of phenols is 1. The molecule has 2 aromatic rings. The Hall–Kier alpha value is -2.21. The quantitative estimate of drug-likeness (QED) is 0.887. The van der Waals surface area contributed by atoms with Crippen molar-refractivity contribution in [1.82, 2.24) is 0 Å². The molecule has 0 aliphatic carbocycles. The lowest BCUT2D eigenvalue weighted by atomic mass is 10.2. The normalized spacial score (nSPS) is 11.1. The average Bonchev–Trinajstić information content (AvgIpc) is 2.46. The summed E-state index contributed by atoms with van der Waals surface area (Å²) in [6.45, 7) is 0.357. The Labute approximate surface area is 124 Å². The van der Waals surface area contributed by atoms with E-state index in [1.165, 1.54) is 6.26 Å².